The van der Waals surface area contributed by atoms with E-state index in [0.29, 0.717) is 24.2 Å². The van der Waals surface area contributed by atoms with Gasteiger partial charge >= 0.3 is 0 Å². The first-order valence-corrected chi connectivity index (χ1v) is 7.21. The summed E-state index contributed by atoms with van der Waals surface area (Å²) >= 11 is 0. The van der Waals surface area contributed by atoms with E-state index in [-0.39, 0.29) is 6.10 Å². The fourth-order valence-electron chi connectivity index (χ4n) is 2.44. The van der Waals surface area contributed by atoms with Crippen LogP contribution in [0.4, 0.5) is 0 Å². The van der Waals surface area contributed by atoms with Crippen LogP contribution in [0.3, 0.4) is 0 Å². The summed E-state index contributed by atoms with van der Waals surface area (Å²) in [4.78, 5) is 4.44. The second-order valence-electron chi connectivity index (χ2n) is 6.14. The van der Waals surface area contributed by atoms with Gasteiger partial charge in [0.2, 0.25) is 5.89 Å². The minimum atomic E-state index is -0.693. The molecule has 0 aliphatic heterocycles. The maximum Gasteiger partial charge on any atom is 0.226 e. The molecule has 2 N–H and O–H groups in total. The largest absolute Gasteiger partial charge is 0.376 e. The van der Waals surface area contributed by atoms with Crippen LogP contribution < -0.4 is 5.73 Å². The molecule has 0 saturated heterocycles. The molecule has 0 radical (unpaired) electrons. The summed E-state index contributed by atoms with van der Waals surface area (Å²) in [5, 5.41) is 4.02. The molecule has 5 heteroatoms. The highest BCUT2D eigenvalue weighted by Gasteiger charge is 2.29. The van der Waals surface area contributed by atoms with Crippen LogP contribution in [0.25, 0.3) is 0 Å². The molecule has 0 spiro atoms. The van der Waals surface area contributed by atoms with Gasteiger partial charge in [0.1, 0.15) is 5.54 Å². The van der Waals surface area contributed by atoms with Crippen molar-refractivity contribution in [3.8, 4) is 0 Å². The van der Waals surface area contributed by atoms with Gasteiger partial charge in [0.05, 0.1) is 12.7 Å². The van der Waals surface area contributed by atoms with Gasteiger partial charge < -0.3 is 15.0 Å². The van der Waals surface area contributed by atoms with Crippen LogP contribution in [-0.2, 0) is 16.7 Å². The van der Waals surface area contributed by atoms with E-state index < -0.39 is 5.54 Å². The average Bonchev–Trinajstić information content (AvgIpc) is 2.98. The highest BCUT2D eigenvalue weighted by Crippen LogP contribution is 2.28. The van der Waals surface area contributed by atoms with Crippen molar-refractivity contribution < 1.29 is 9.26 Å². The first-order chi connectivity index (χ1) is 8.97. The highest BCUT2D eigenvalue weighted by molar-refractivity contribution is 5.02. The predicted octanol–water partition coefficient (Wildman–Crippen LogP) is 2.40. The van der Waals surface area contributed by atoms with Crippen molar-refractivity contribution in [2.24, 2.45) is 11.7 Å². The summed E-state index contributed by atoms with van der Waals surface area (Å²) in [7, 11) is 0. The van der Waals surface area contributed by atoms with E-state index in [2.05, 4.69) is 10.1 Å². The number of hydrogen-bond donors (Lipinski definition) is 1. The van der Waals surface area contributed by atoms with Gasteiger partial charge in [0.15, 0.2) is 5.82 Å². The molecular formula is C14H25N3O2. The van der Waals surface area contributed by atoms with Gasteiger partial charge in [-0.25, -0.2) is 0 Å². The summed E-state index contributed by atoms with van der Waals surface area (Å²) in [5.41, 5.74) is 5.51. The summed E-state index contributed by atoms with van der Waals surface area (Å²) in [6.07, 6.45) is 6.22. The van der Waals surface area contributed by atoms with Crippen LogP contribution in [0.15, 0.2) is 4.52 Å². The molecule has 0 amide bonds. The molecule has 1 aromatic rings. The predicted molar refractivity (Wildman–Crippen MR) is 72.6 cm³/mol. The molecule has 1 aliphatic rings. The van der Waals surface area contributed by atoms with Crippen LogP contribution in [0.5, 0.6) is 0 Å². The number of nitrogens with zero attached hydrogens (tertiary/aromatic N) is 2. The molecule has 1 aliphatic carbocycles. The summed E-state index contributed by atoms with van der Waals surface area (Å²) < 4.78 is 10.9. The summed E-state index contributed by atoms with van der Waals surface area (Å²) in [6, 6.07) is 0. The Bertz CT molecular complexity index is 395. The van der Waals surface area contributed by atoms with Crippen molar-refractivity contribution in [2.75, 3.05) is 6.61 Å². The monoisotopic (exact) mass is 267 g/mol. The Balaban J connectivity index is 1.94. The van der Waals surface area contributed by atoms with Gasteiger partial charge in [-0.05, 0) is 39.5 Å². The molecular weight excluding hydrogens is 242 g/mol. The lowest BCUT2D eigenvalue weighted by atomic mass is 10.0. The summed E-state index contributed by atoms with van der Waals surface area (Å²) in [5.74, 6) is 1.95. The molecule has 2 rings (SSSR count). The highest BCUT2D eigenvalue weighted by atomic mass is 16.5. The van der Waals surface area contributed by atoms with Crippen LogP contribution in [0.2, 0.25) is 0 Å². The lowest BCUT2D eigenvalue weighted by Crippen LogP contribution is -2.40. The van der Waals surface area contributed by atoms with E-state index in [1.54, 1.807) is 0 Å². The zero-order valence-corrected chi connectivity index (χ0v) is 12.2. The lowest BCUT2D eigenvalue weighted by molar-refractivity contribution is 0.0410. The second kappa shape index (κ2) is 6.01. The summed E-state index contributed by atoms with van der Waals surface area (Å²) in [6.45, 7) is 6.24. The Morgan fingerprint density at radius 1 is 1.42 bits per heavy atom. The van der Waals surface area contributed by atoms with Crippen molar-refractivity contribution >= 4 is 0 Å². The molecule has 1 heterocycles. The average molecular weight is 267 g/mol. The number of nitrogens with two attached hydrogens (primary N) is 1. The third-order valence-corrected chi connectivity index (χ3v) is 3.63. The number of ether oxygens (including phenoxy) is 1. The lowest BCUT2D eigenvalue weighted by Gasteiger charge is -2.21. The van der Waals surface area contributed by atoms with Crippen molar-refractivity contribution in [1.82, 2.24) is 10.1 Å². The Morgan fingerprint density at radius 2 is 2.11 bits per heavy atom. The third kappa shape index (κ3) is 4.01. The molecule has 1 atom stereocenters. The van der Waals surface area contributed by atoms with Crippen molar-refractivity contribution in [3.05, 3.63) is 11.7 Å². The minimum absolute atomic E-state index is 0.146. The van der Waals surface area contributed by atoms with E-state index in [1.165, 1.54) is 25.7 Å². The van der Waals surface area contributed by atoms with Gasteiger partial charge in [-0.1, -0.05) is 18.0 Å². The first kappa shape index (κ1) is 14.5. The third-order valence-electron chi connectivity index (χ3n) is 3.63. The second-order valence-corrected chi connectivity index (χ2v) is 6.14. The number of aromatic nitrogens is 2. The Morgan fingerprint density at radius 3 is 2.74 bits per heavy atom. The van der Waals surface area contributed by atoms with E-state index in [0.717, 1.165) is 6.42 Å². The molecule has 0 aromatic carbocycles. The first-order valence-electron chi connectivity index (χ1n) is 7.21. The van der Waals surface area contributed by atoms with Gasteiger partial charge in [0.25, 0.3) is 0 Å². The van der Waals surface area contributed by atoms with Gasteiger partial charge in [-0.3, -0.25) is 0 Å². The van der Waals surface area contributed by atoms with Crippen LogP contribution >= 0.6 is 0 Å². The molecule has 19 heavy (non-hydrogen) atoms. The fraction of sp³-hybridized carbons (Fsp3) is 0.857. The molecule has 1 fully saturated rings. The van der Waals surface area contributed by atoms with E-state index in [1.807, 2.05) is 20.8 Å². The van der Waals surface area contributed by atoms with Crippen LogP contribution in [-0.4, -0.2) is 22.9 Å². The van der Waals surface area contributed by atoms with E-state index >= 15 is 0 Å². The molecule has 1 saturated carbocycles. The van der Waals surface area contributed by atoms with Crippen molar-refractivity contribution in [2.45, 2.75) is 64.5 Å². The molecule has 0 bridgehead atoms. The molecule has 5 nitrogen and oxygen atoms in total. The van der Waals surface area contributed by atoms with Crippen molar-refractivity contribution in [3.63, 3.8) is 0 Å². The minimum Gasteiger partial charge on any atom is -0.376 e. The normalized spacial score (nSPS) is 20.1. The Kier molecular flexibility index (Phi) is 4.58. The fourth-order valence-corrected chi connectivity index (χ4v) is 2.44. The number of hydrogen-bond acceptors (Lipinski definition) is 5. The van der Waals surface area contributed by atoms with Gasteiger partial charge in [-0.2, -0.15) is 4.98 Å². The smallest absolute Gasteiger partial charge is 0.226 e. The van der Waals surface area contributed by atoms with E-state index in [4.69, 9.17) is 15.0 Å². The molecule has 108 valence electrons. The van der Waals surface area contributed by atoms with Crippen molar-refractivity contribution in [1.29, 1.82) is 0 Å². The van der Waals surface area contributed by atoms with E-state index in [9.17, 15) is 0 Å². The maximum absolute atomic E-state index is 6.20. The topological polar surface area (TPSA) is 74.2 Å². The number of rotatable bonds is 6. The van der Waals surface area contributed by atoms with Crippen LogP contribution in [0, 0.1) is 5.92 Å². The standard InChI is InChI=1S/C14H25N3O2/c1-10(2)18-9-14(3,15)13-16-12(19-17-13)8-11-6-4-5-7-11/h10-11H,4-9,15H2,1-3H3. The Labute approximate surface area is 114 Å². The van der Waals surface area contributed by atoms with Gasteiger partial charge in [-0.15, -0.1) is 0 Å². The zero-order valence-electron chi connectivity index (χ0n) is 12.2. The molecule has 1 unspecified atom stereocenters. The maximum atomic E-state index is 6.20. The van der Waals surface area contributed by atoms with Gasteiger partial charge in [0, 0.05) is 6.42 Å². The quantitative estimate of drug-likeness (QED) is 0.856. The molecule has 1 aromatic heterocycles. The van der Waals surface area contributed by atoms with Crippen LogP contribution in [0.1, 0.15) is 58.2 Å². The SMILES string of the molecule is CC(C)OCC(C)(N)c1noc(CC2CCCC2)n1. The Hall–Kier alpha value is -0.940. The zero-order chi connectivity index (χ0) is 13.9.